The Morgan fingerprint density at radius 3 is 2.44 bits per heavy atom. The van der Waals surface area contributed by atoms with Crippen molar-refractivity contribution in [2.24, 2.45) is 10.7 Å². The molecule has 3 heteroatoms. The van der Waals surface area contributed by atoms with Crippen LogP contribution in [0.4, 0.5) is 0 Å². The molecule has 0 amide bonds. The van der Waals surface area contributed by atoms with Crippen LogP contribution in [0.25, 0.3) is 0 Å². The quantitative estimate of drug-likeness (QED) is 0.623. The van der Waals surface area contributed by atoms with Gasteiger partial charge in [-0.25, -0.2) is 0 Å². The number of benzene rings is 1. The van der Waals surface area contributed by atoms with Crippen molar-refractivity contribution < 1.29 is 0 Å². The number of aromatic nitrogens is 1. The van der Waals surface area contributed by atoms with E-state index in [1.54, 1.807) is 12.4 Å². The van der Waals surface area contributed by atoms with E-state index in [1.165, 1.54) is 0 Å². The van der Waals surface area contributed by atoms with E-state index in [4.69, 9.17) is 5.73 Å². The van der Waals surface area contributed by atoms with Crippen LogP contribution in [0.3, 0.4) is 0 Å². The van der Waals surface area contributed by atoms with Crippen LogP contribution >= 0.6 is 0 Å². The maximum Gasteiger partial charge on any atom is 0.125 e. The highest BCUT2D eigenvalue weighted by Crippen LogP contribution is 2.02. The van der Waals surface area contributed by atoms with E-state index < -0.39 is 0 Å². The summed E-state index contributed by atoms with van der Waals surface area (Å²) in [6, 6.07) is 13.6. The number of aliphatic imine (C=N–C) groups is 1. The van der Waals surface area contributed by atoms with Crippen LogP contribution < -0.4 is 5.73 Å². The minimum Gasteiger partial charge on any atom is -0.383 e. The SMILES string of the molecule is NC(=NCc1ccncc1)c1ccccc1. The fourth-order valence-corrected chi connectivity index (χ4v) is 1.36. The molecular formula is C13H13N3. The molecule has 0 radical (unpaired) electrons. The van der Waals surface area contributed by atoms with E-state index in [0.29, 0.717) is 12.4 Å². The molecule has 0 bridgehead atoms. The van der Waals surface area contributed by atoms with Gasteiger partial charge >= 0.3 is 0 Å². The predicted molar refractivity (Wildman–Crippen MR) is 65.1 cm³/mol. The second-order valence-electron chi connectivity index (χ2n) is 3.42. The summed E-state index contributed by atoms with van der Waals surface area (Å²) in [6.07, 6.45) is 3.51. The molecule has 1 aromatic heterocycles. The normalized spacial score (nSPS) is 11.4. The Labute approximate surface area is 94.7 Å². The number of hydrogen-bond donors (Lipinski definition) is 1. The summed E-state index contributed by atoms with van der Waals surface area (Å²) in [5.74, 6) is 0.567. The number of hydrogen-bond acceptors (Lipinski definition) is 2. The van der Waals surface area contributed by atoms with Crippen LogP contribution in [0.5, 0.6) is 0 Å². The highest BCUT2D eigenvalue weighted by molar-refractivity contribution is 5.97. The molecule has 1 heterocycles. The number of amidine groups is 1. The summed E-state index contributed by atoms with van der Waals surface area (Å²) < 4.78 is 0. The number of nitrogens with zero attached hydrogens (tertiary/aromatic N) is 2. The van der Waals surface area contributed by atoms with Crippen molar-refractivity contribution in [1.82, 2.24) is 4.98 Å². The van der Waals surface area contributed by atoms with E-state index in [1.807, 2.05) is 42.5 Å². The maximum absolute atomic E-state index is 5.88. The van der Waals surface area contributed by atoms with Gasteiger partial charge in [-0.2, -0.15) is 0 Å². The third-order valence-corrected chi connectivity index (χ3v) is 2.25. The molecule has 0 atom stereocenters. The fraction of sp³-hybridized carbons (Fsp3) is 0.0769. The second kappa shape index (κ2) is 5.07. The Bertz CT molecular complexity index is 463. The molecule has 0 fully saturated rings. The molecule has 0 saturated heterocycles. The fourth-order valence-electron chi connectivity index (χ4n) is 1.36. The first kappa shape index (κ1) is 10.4. The van der Waals surface area contributed by atoms with Crippen molar-refractivity contribution in [2.75, 3.05) is 0 Å². The van der Waals surface area contributed by atoms with E-state index in [-0.39, 0.29) is 0 Å². The van der Waals surface area contributed by atoms with Gasteiger partial charge in [0.25, 0.3) is 0 Å². The lowest BCUT2D eigenvalue weighted by Gasteiger charge is -2.00. The monoisotopic (exact) mass is 211 g/mol. The minimum atomic E-state index is 0.567. The number of nitrogens with two attached hydrogens (primary N) is 1. The highest BCUT2D eigenvalue weighted by Gasteiger charge is 1.96. The zero-order chi connectivity index (χ0) is 11.2. The molecule has 1 aromatic carbocycles. The molecule has 0 saturated carbocycles. The van der Waals surface area contributed by atoms with Gasteiger partial charge < -0.3 is 5.73 Å². The third kappa shape index (κ3) is 2.67. The minimum absolute atomic E-state index is 0.567. The molecule has 2 aromatic rings. The molecule has 0 aliphatic heterocycles. The van der Waals surface area contributed by atoms with Crippen molar-refractivity contribution >= 4 is 5.84 Å². The molecule has 3 nitrogen and oxygen atoms in total. The first-order chi connectivity index (χ1) is 7.86. The van der Waals surface area contributed by atoms with Gasteiger partial charge in [-0.15, -0.1) is 0 Å². The van der Waals surface area contributed by atoms with Gasteiger partial charge in [0.2, 0.25) is 0 Å². The summed E-state index contributed by atoms with van der Waals surface area (Å²) in [4.78, 5) is 8.28. The highest BCUT2D eigenvalue weighted by atomic mass is 14.8. The van der Waals surface area contributed by atoms with E-state index in [2.05, 4.69) is 9.98 Å². The van der Waals surface area contributed by atoms with Crippen molar-refractivity contribution in [3.63, 3.8) is 0 Å². The van der Waals surface area contributed by atoms with Crippen LogP contribution in [0.2, 0.25) is 0 Å². The molecule has 2 rings (SSSR count). The van der Waals surface area contributed by atoms with E-state index >= 15 is 0 Å². The Morgan fingerprint density at radius 2 is 1.75 bits per heavy atom. The Kier molecular flexibility index (Phi) is 3.28. The second-order valence-corrected chi connectivity index (χ2v) is 3.42. The summed E-state index contributed by atoms with van der Waals surface area (Å²) in [5, 5.41) is 0. The maximum atomic E-state index is 5.88. The summed E-state index contributed by atoms with van der Waals surface area (Å²) in [5.41, 5.74) is 7.94. The van der Waals surface area contributed by atoms with Crippen LogP contribution in [0.15, 0.2) is 59.9 Å². The summed E-state index contributed by atoms with van der Waals surface area (Å²) in [7, 11) is 0. The van der Waals surface area contributed by atoms with Crippen LogP contribution in [0.1, 0.15) is 11.1 Å². The summed E-state index contributed by atoms with van der Waals surface area (Å²) in [6.45, 7) is 0.587. The zero-order valence-electron chi connectivity index (χ0n) is 8.88. The molecule has 80 valence electrons. The largest absolute Gasteiger partial charge is 0.383 e. The molecule has 2 N–H and O–H groups in total. The van der Waals surface area contributed by atoms with Gasteiger partial charge in [0.15, 0.2) is 0 Å². The first-order valence-corrected chi connectivity index (χ1v) is 5.10. The van der Waals surface area contributed by atoms with Crippen LogP contribution in [0, 0.1) is 0 Å². The van der Waals surface area contributed by atoms with Crippen LogP contribution in [-0.4, -0.2) is 10.8 Å². The van der Waals surface area contributed by atoms with Crippen molar-refractivity contribution in [3.8, 4) is 0 Å². The Morgan fingerprint density at radius 1 is 1.06 bits per heavy atom. The lowest BCUT2D eigenvalue weighted by atomic mass is 10.2. The molecular weight excluding hydrogens is 198 g/mol. The Hall–Kier alpha value is -2.16. The third-order valence-electron chi connectivity index (χ3n) is 2.25. The molecule has 16 heavy (non-hydrogen) atoms. The number of rotatable bonds is 3. The zero-order valence-corrected chi connectivity index (χ0v) is 8.88. The average Bonchev–Trinajstić information content (AvgIpc) is 2.38. The van der Waals surface area contributed by atoms with Crippen molar-refractivity contribution in [2.45, 2.75) is 6.54 Å². The predicted octanol–water partition coefficient (Wildman–Crippen LogP) is 1.99. The average molecular weight is 211 g/mol. The van der Waals surface area contributed by atoms with Gasteiger partial charge in [-0.1, -0.05) is 30.3 Å². The van der Waals surface area contributed by atoms with Gasteiger partial charge in [-0.3, -0.25) is 9.98 Å². The molecule has 0 spiro atoms. The van der Waals surface area contributed by atoms with Crippen LogP contribution in [-0.2, 0) is 6.54 Å². The lowest BCUT2D eigenvalue weighted by Crippen LogP contribution is -2.13. The standard InChI is InChI=1S/C13H13N3/c14-13(12-4-2-1-3-5-12)16-10-11-6-8-15-9-7-11/h1-9H,10H2,(H2,14,16). The van der Waals surface area contributed by atoms with Gasteiger partial charge in [0.05, 0.1) is 6.54 Å². The summed E-state index contributed by atoms with van der Waals surface area (Å²) >= 11 is 0. The van der Waals surface area contributed by atoms with Crippen molar-refractivity contribution in [1.29, 1.82) is 0 Å². The molecule has 0 aliphatic carbocycles. The van der Waals surface area contributed by atoms with Crippen molar-refractivity contribution in [3.05, 3.63) is 66.0 Å². The topological polar surface area (TPSA) is 51.3 Å². The molecule has 0 unspecified atom stereocenters. The van der Waals surface area contributed by atoms with E-state index in [0.717, 1.165) is 11.1 Å². The van der Waals surface area contributed by atoms with Gasteiger partial charge in [0.1, 0.15) is 5.84 Å². The van der Waals surface area contributed by atoms with Gasteiger partial charge in [0, 0.05) is 18.0 Å². The van der Waals surface area contributed by atoms with Gasteiger partial charge in [-0.05, 0) is 17.7 Å². The lowest BCUT2D eigenvalue weighted by molar-refractivity contribution is 1.05. The van der Waals surface area contributed by atoms with E-state index in [9.17, 15) is 0 Å². The first-order valence-electron chi connectivity index (χ1n) is 5.10. The number of pyridine rings is 1. The smallest absolute Gasteiger partial charge is 0.125 e. The molecule has 0 aliphatic rings. The Balaban J connectivity index is 2.09.